The zero-order valence-electron chi connectivity index (χ0n) is 27.4. The van der Waals surface area contributed by atoms with Crippen molar-refractivity contribution in [1.82, 2.24) is 19.6 Å². The molecule has 0 N–H and O–H groups in total. The van der Waals surface area contributed by atoms with Gasteiger partial charge in [-0.05, 0) is 74.5 Å². The van der Waals surface area contributed by atoms with Crippen LogP contribution < -0.4 is 0 Å². The second-order valence-electron chi connectivity index (χ2n) is 12.5. The number of oxime groups is 1. The van der Waals surface area contributed by atoms with E-state index < -0.39 is 0 Å². The minimum atomic E-state index is -0.256. The first-order valence-electron chi connectivity index (χ1n) is 15.9. The highest BCUT2D eigenvalue weighted by molar-refractivity contribution is 6.42. The second kappa shape index (κ2) is 17.2. The molecular formula is C34H43Cl4N5O4. The van der Waals surface area contributed by atoms with E-state index in [1.54, 1.807) is 55.2 Å². The summed E-state index contributed by atoms with van der Waals surface area (Å²) in [6.45, 7) is 3.39. The Hall–Kier alpha value is -2.56. The second-order valence-corrected chi connectivity index (χ2v) is 14.2. The molecule has 9 nitrogen and oxygen atoms in total. The molecule has 2 fully saturated rings. The van der Waals surface area contributed by atoms with E-state index >= 15 is 0 Å². The van der Waals surface area contributed by atoms with Gasteiger partial charge in [0, 0.05) is 80.7 Å². The number of carbonyl (C=O) groups excluding carboxylic acids is 3. The third-order valence-electron chi connectivity index (χ3n) is 9.05. The lowest BCUT2D eigenvalue weighted by atomic mass is 9.89. The summed E-state index contributed by atoms with van der Waals surface area (Å²) in [5, 5.41) is 6.03. The van der Waals surface area contributed by atoms with Crippen LogP contribution in [-0.4, -0.2) is 110 Å². The van der Waals surface area contributed by atoms with E-state index in [1.807, 2.05) is 17.0 Å². The van der Waals surface area contributed by atoms with Crippen LogP contribution in [-0.2, 0) is 14.4 Å². The molecule has 4 rings (SSSR count). The molecule has 13 heteroatoms. The molecule has 0 aromatic heterocycles. The maximum Gasteiger partial charge on any atom is 0.254 e. The van der Waals surface area contributed by atoms with Crippen LogP contribution in [0, 0.1) is 5.92 Å². The van der Waals surface area contributed by atoms with Crippen molar-refractivity contribution < 1.29 is 19.2 Å². The number of amides is 3. The number of hydrogen-bond donors (Lipinski definition) is 0. The predicted molar refractivity (Wildman–Crippen MR) is 189 cm³/mol. The lowest BCUT2D eigenvalue weighted by Crippen LogP contribution is -2.52. The Morgan fingerprint density at radius 2 is 1.64 bits per heavy atom. The van der Waals surface area contributed by atoms with Crippen molar-refractivity contribution in [2.45, 2.75) is 50.5 Å². The number of benzene rings is 2. The molecule has 2 heterocycles. The Kier molecular flexibility index (Phi) is 13.6. The Bertz CT molecular complexity index is 1440. The molecule has 47 heavy (non-hydrogen) atoms. The highest BCUT2D eigenvalue weighted by atomic mass is 35.5. The highest BCUT2D eigenvalue weighted by Crippen LogP contribution is 2.32. The smallest absolute Gasteiger partial charge is 0.254 e. The third kappa shape index (κ3) is 9.98. The summed E-state index contributed by atoms with van der Waals surface area (Å²) in [6.07, 6.45) is 4.39. The van der Waals surface area contributed by atoms with Crippen LogP contribution in [0.25, 0.3) is 0 Å². The van der Waals surface area contributed by atoms with E-state index in [0.29, 0.717) is 37.8 Å². The van der Waals surface area contributed by atoms with Gasteiger partial charge in [-0.25, -0.2) is 0 Å². The highest BCUT2D eigenvalue weighted by Gasteiger charge is 2.36. The number of likely N-dealkylation sites (tertiary alicyclic amines) is 2. The maximum absolute atomic E-state index is 13.4. The number of piperidine rings is 2. The molecule has 0 saturated carbocycles. The molecule has 3 amide bonds. The van der Waals surface area contributed by atoms with E-state index in [0.717, 1.165) is 57.4 Å². The van der Waals surface area contributed by atoms with Crippen LogP contribution in [0.1, 0.15) is 60.4 Å². The van der Waals surface area contributed by atoms with Crippen molar-refractivity contribution in [2.75, 3.05) is 61.0 Å². The average Bonchev–Trinajstić information content (AvgIpc) is 3.03. The summed E-state index contributed by atoms with van der Waals surface area (Å²) >= 11 is 25.0. The number of carbonyl (C=O) groups is 3. The summed E-state index contributed by atoms with van der Waals surface area (Å²) in [4.78, 5) is 51.8. The van der Waals surface area contributed by atoms with Crippen LogP contribution in [0.2, 0.25) is 20.1 Å². The first-order valence-corrected chi connectivity index (χ1v) is 17.4. The van der Waals surface area contributed by atoms with Gasteiger partial charge in [0.15, 0.2) is 0 Å². The number of hydrogen-bond acceptors (Lipinski definition) is 6. The van der Waals surface area contributed by atoms with Crippen LogP contribution in [0.5, 0.6) is 0 Å². The molecule has 2 atom stereocenters. The van der Waals surface area contributed by atoms with Gasteiger partial charge in [-0.3, -0.25) is 14.4 Å². The molecule has 0 spiro atoms. The lowest BCUT2D eigenvalue weighted by Gasteiger charge is -2.42. The van der Waals surface area contributed by atoms with Crippen molar-refractivity contribution in [3.05, 3.63) is 67.6 Å². The van der Waals surface area contributed by atoms with E-state index in [9.17, 15) is 14.4 Å². The quantitative estimate of drug-likeness (QED) is 0.179. The number of halogens is 4. The van der Waals surface area contributed by atoms with Crippen molar-refractivity contribution in [2.24, 2.45) is 11.1 Å². The molecule has 2 aromatic carbocycles. The van der Waals surface area contributed by atoms with Gasteiger partial charge in [-0.15, -0.1) is 0 Å². The van der Waals surface area contributed by atoms with Gasteiger partial charge in [0.1, 0.15) is 7.11 Å². The first kappa shape index (κ1) is 37.3. The molecule has 256 valence electrons. The van der Waals surface area contributed by atoms with Gasteiger partial charge < -0.3 is 24.4 Å². The molecule has 0 radical (unpaired) electrons. The summed E-state index contributed by atoms with van der Waals surface area (Å²) in [7, 11) is 6.64. The zero-order valence-corrected chi connectivity index (χ0v) is 30.4. The van der Waals surface area contributed by atoms with Crippen LogP contribution in [0.3, 0.4) is 0 Å². The van der Waals surface area contributed by atoms with Gasteiger partial charge in [0.25, 0.3) is 5.91 Å². The van der Waals surface area contributed by atoms with E-state index in [1.165, 1.54) is 7.11 Å². The van der Waals surface area contributed by atoms with Gasteiger partial charge in [0.2, 0.25) is 11.8 Å². The standard InChI is InChI=1S/C34H43Cl4N5O4/c1-40(2)32(44)19-23-6-5-12-43(34(23)46)27-9-13-42(14-10-27)15-11-28(22-7-8-29(37)30(38)18-22)31(39-47-4)21-41(3)33(45)24-16-25(35)20-26(36)17-24/h7-8,16-18,20,23,27-28H,5-6,9-15,19,21H2,1-4H3/b39-31+/t23-,28+/m0/s1. The summed E-state index contributed by atoms with van der Waals surface area (Å²) in [5.74, 6) is -0.600. The van der Waals surface area contributed by atoms with Gasteiger partial charge >= 0.3 is 0 Å². The van der Waals surface area contributed by atoms with Gasteiger partial charge in [0.05, 0.1) is 22.3 Å². The molecule has 2 aliphatic heterocycles. The third-order valence-corrected chi connectivity index (χ3v) is 10.2. The normalized spacial score (nSPS) is 18.6. The molecule has 0 aliphatic carbocycles. The molecule has 2 saturated heterocycles. The average molecular weight is 728 g/mol. The van der Waals surface area contributed by atoms with Crippen molar-refractivity contribution in [3.63, 3.8) is 0 Å². The fourth-order valence-corrected chi connectivity index (χ4v) is 7.31. The SMILES string of the molecule is CO/N=C(\CN(C)C(=O)c1cc(Cl)cc(Cl)c1)[C@H](CCN1CCC(N2CCC[C@@H](CC(=O)N(C)C)C2=O)CC1)c1ccc(Cl)c(Cl)c1. The fourth-order valence-electron chi connectivity index (χ4n) is 6.47. The number of nitrogens with zero attached hydrogens (tertiary/aromatic N) is 5. The van der Waals surface area contributed by atoms with Crippen LogP contribution >= 0.6 is 46.4 Å². The molecule has 0 unspecified atom stereocenters. The largest absolute Gasteiger partial charge is 0.399 e. The van der Waals surface area contributed by atoms with E-state index in [4.69, 9.17) is 51.2 Å². The van der Waals surface area contributed by atoms with Crippen LogP contribution in [0.4, 0.5) is 0 Å². The Morgan fingerprint density at radius 3 is 2.26 bits per heavy atom. The first-order chi connectivity index (χ1) is 22.4. The molecule has 0 bridgehead atoms. The van der Waals surface area contributed by atoms with Crippen molar-refractivity contribution >= 4 is 69.8 Å². The van der Waals surface area contributed by atoms with E-state index in [-0.39, 0.29) is 48.6 Å². The van der Waals surface area contributed by atoms with Crippen molar-refractivity contribution in [1.29, 1.82) is 0 Å². The van der Waals surface area contributed by atoms with Gasteiger partial charge in [-0.2, -0.15) is 0 Å². The maximum atomic E-state index is 13.4. The Labute approximate surface area is 297 Å². The molecule has 2 aromatic rings. The molecule has 2 aliphatic rings. The molecular weight excluding hydrogens is 684 g/mol. The fraction of sp³-hybridized carbons (Fsp3) is 0.529. The Morgan fingerprint density at radius 1 is 0.957 bits per heavy atom. The summed E-state index contributed by atoms with van der Waals surface area (Å²) in [6, 6.07) is 10.4. The van der Waals surface area contributed by atoms with Gasteiger partial charge in [-0.1, -0.05) is 57.6 Å². The zero-order chi connectivity index (χ0) is 34.2. The van der Waals surface area contributed by atoms with Crippen LogP contribution in [0.15, 0.2) is 41.6 Å². The minimum Gasteiger partial charge on any atom is -0.399 e. The minimum absolute atomic E-state index is 0.00245. The summed E-state index contributed by atoms with van der Waals surface area (Å²) < 4.78 is 0. The predicted octanol–water partition coefficient (Wildman–Crippen LogP) is 6.73. The Balaban J connectivity index is 1.44. The lowest BCUT2D eigenvalue weighted by molar-refractivity contribution is -0.146. The monoisotopic (exact) mass is 725 g/mol. The topological polar surface area (TPSA) is 85.8 Å². The summed E-state index contributed by atoms with van der Waals surface area (Å²) in [5.41, 5.74) is 1.94. The van der Waals surface area contributed by atoms with Crippen molar-refractivity contribution in [3.8, 4) is 0 Å². The van der Waals surface area contributed by atoms with E-state index in [2.05, 4.69) is 10.1 Å². The number of rotatable bonds is 12.